The summed E-state index contributed by atoms with van der Waals surface area (Å²) in [5, 5.41) is 0. The van der Waals surface area contributed by atoms with E-state index in [2.05, 4.69) is 20.8 Å². The molecule has 0 aliphatic heterocycles. The van der Waals surface area contributed by atoms with Crippen LogP contribution in [0.2, 0.25) is 0 Å². The topological polar surface area (TPSA) is 35.2 Å². The van der Waals surface area contributed by atoms with Gasteiger partial charge in [-0.3, -0.25) is 0 Å². The molecule has 2 N–H and O–H groups in total. The van der Waals surface area contributed by atoms with Crippen LogP contribution in [-0.2, 0) is 4.74 Å². The smallest absolute Gasteiger partial charge is 0.0750 e. The summed E-state index contributed by atoms with van der Waals surface area (Å²) in [5.41, 5.74) is 5.66. The van der Waals surface area contributed by atoms with Gasteiger partial charge in [0.15, 0.2) is 0 Å². The molecule has 0 amide bonds. The molecule has 0 aliphatic carbocycles. The molecule has 0 heterocycles. The standard InChI is InChI=1S/C9H19NOS/c1-9(2,3)5-7-11-6-4-8(10)12/h4-7H2,1-3H3,(H2,10,12). The minimum Gasteiger partial charge on any atom is -0.393 e. The number of nitrogens with two attached hydrogens (primary N) is 1. The van der Waals surface area contributed by atoms with E-state index in [-0.39, 0.29) is 0 Å². The zero-order chi connectivity index (χ0) is 9.61. The second-order valence-electron chi connectivity index (χ2n) is 4.14. The Morgan fingerprint density at radius 2 is 1.92 bits per heavy atom. The van der Waals surface area contributed by atoms with Gasteiger partial charge in [0, 0.05) is 13.0 Å². The molecule has 0 radical (unpaired) electrons. The molecule has 2 nitrogen and oxygen atoms in total. The van der Waals surface area contributed by atoms with Crippen molar-refractivity contribution in [3.05, 3.63) is 0 Å². The minimum absolute atomic E-state index is 0.350. The first kappa shape index (κ1) is 11.8. The molecular formula is C9H19NOS. The van der Waals surface area contributed by atoms with E-state index in [4.69, 9.17) is 22.7 Å². The van der Waals surface area contributed by atoms with Crippen molar-refractivity contribution in [3.63, 3.8) is 0 Å². The quantitative estimate of drug-likeness (QED) is 0.531. The van der Waals surface area contributed by atoms with Crippen molar-refractivity contribution >= 4 is 17.2 Å². The predicted octanol–water partition coefficient (Wildman–Crippen LogP) is 2.12. The van der Waals surface area contributed by atoms with E-state index in [1.165, 1.54) is 0 Å². The van der Waals surface area contributed by atoms with Gasteiger partial charge in [-0.25, -0.2) is 0 Å². The number of rotatable bonds is 5. The number of hydrogen-bond donors (Lipinski definition) is 1. The molecule has 72 valence electrons. The molecule has 3 heteroatoms. The first-order chi connectivity index (χ1) is 5.42. The Hall–Kier alpha value is -0.150. The first-order valence-electron chi connectivity index (χ1n) is 4.28. The highest BCUT2D eigenvalue weighted by molar-refractivity contribution is 7.80. The van der Waals surface area contributed by atoms with Crippen LogP contribution in [0.15, 0.2) is 0 Å². The lowest BCUT2D eigenvalue weighted by atomic mass is 9.93. The highest BCUT2D eigenvalue weighted by Crippen LogP contribution is 2.17. The lowest BCUT2D eigenvalue weighted by molar-refractivity contribution is 0.114. The van der Waals surface area contributed by atoms with Crippen LogP contribution >= 0.6 is 12.2 Å². The van der Waals surface area contributed by atoms with Crippen LogP contribution < -0.4 is 5.73 Å². The average Bonchev–Trinajstić information content (AvgIpc) is 1.83. The molecule has 12 heavy (non-hydrogen) atoms. The van der Waals surface area contributed by atoms with Gasteiger partial charge in [0.2, 0.25) is 0 Å². The molecule has 0 fully saturated rings. The summed E-state index contributed by atoms with van der Waals surface area (Å²) in [6.45, 7) is 8.05. The Balaban J connectivity index is 3.17. The molecule has 0 atom stereocenters. The highest BCUT2D eigenvalue weighted by atomic mass is 32.1. The maximum Gasteiger partial charge on any atom is 0.0750 e. The first-order valence-corrected chi connectivity index (χ1v) is 4.69. The molecule has 0 spiro atoms. The molecule has 0 aromatic heterocycles. The van der Waals surface area contributed by atoms with Gasteiger partial charge in [0.05, 0.1) is 11.6 Å². The van der Waals surface area contributed by atoms with Crippen molar-refractivity contribution in [2.75, 3.05) is 13.2 Å². The Morgan fingerprint density at radius 3 is 2.33 bits per heavy atom. The van der Waals surface area contributed by atoms with Gasteiger partial charge in [-0.2, -0.15) is 0 Å². The van der Waals surface area contributed by atoms with E-state index in [0.29, 0.717) is 23.4 Å². The van der Waals surface area contributed by atoms with Crippen LogP contribution in [0.4, 0.5) is 0 Å². The normalized spacial score (nSPS) is 11.6. The molecule has 0 saturated carbocycles. The van der Waals surface area contributed by atoms with Crippen LogP contribution in [0, 0.1) is 5.41 Å². The summed E-state index contributed by atoms with van der Waals surface area (Å²) in [4.78, 5) is 0.533. The summed E-state index contributed by atoms with van der Waals surface area (Å²) in [6.07, 6.45) is 1.77. The zero-order valence-electron chi connectivity index (χ0n) is 8.22. The summed E-state index contributed by atoms with van der Waals surface area (Å²) < 4.78 is 5.35. The molecular weight excluding hydrogens is 170 g/mol. The third-order valence-electron chi connectivity index (χ3n) is 1.49. The third-order valence-corrected chi connectivity index (χ3v) is 1.69. The minimum atomic E-state index is 0.350. The van der Waals surface area contributed by atoms with Gasteiger partial charge in [-0.05, 0) is 11.8 Å². The van der Waals surface area contributed by atoms with E-state index in [1.54, 1.807) is 0 Å². The molecule has 0 bridgehead atoms. The van der Waals surface area contributed by atoms with Gasteiger partial charge in [0.25, 0.3) is 0 Å². The summed E-state index contributed by atoms with van der Waals surface area (Å²) in [5.74, 6) is 0. The summed E-state index contributed by atoms with van der Waals surface area (Å²) in [7, 11) is 0. The summed E-state index contributed by atoms with van der Waals surface area (Å²) >= 11 is 4.72. The van der Waals surface area contributed by atoms with E-state index in [9.17, 15) is 0 Å². The number of thiocarbonyl (C=S) groups is 1. The van der Waals surface area contributed by atoms with Crippen LogP contribution in [0.3, 0.4) is 0 Å². The predicted molar refractivity (Wildman–Crippen MR) is 56.3 cm³/mol. The molecule has 0 aromatic carbocycles. The van der Waals surface area contributed by atoms with Crippen molar-refractivity contribution in [1.29, 1.82) is 0 Å². The molecule has 0 unspecified atom stereocenters. The monoisotopic (exact) mass is 189 g/mol. The SMILES string of the molecule is CC(C)(C)CCOCCC(N)=S. The van der Waals surface area contributed by atoms with Crippen LogP contribution in [0.25, 0.3) is 0 Å². The van der Waals surface area contributed by atoms with Gasteiger partial charge >= 0.3 is 0 Å². The van der Waals surface area contributed by atoms with Crippen LogP contribution in [0.1, 0.15) is 33.6 Å². The van der Waals surface area contributed by atoms with Crippen molar-refractivity contribution in [3.8, 4) is 0 Å². The maximum atomic E-state index is 5.35. The largest absolute Gasteiger partial charge is 0.393 e. The van der Waals surface area contributed by atoms with Crippen molar-refractivity contribution in [2.45, 2.75) is 33.6 Å². The summed E-state index contributed by atoms with van der Waals surface area (Å²) in [6, 6.07) is 0. The molecule has 0 rings (SSSR count). The van der Waals surface area contributed by atoms with E-state index < -0.39 is 0 Å². The number of ether oxygens (including phenoxy) is 1. The zero-order valence-corrected chi connectivity index (χ0v) is 9.04. The fourth-order valence-electron chi connectivity index (χ4n) is 0.653. The number of hydrogen-bond acceptors (Lipinski definition) is 2. The average molecular weight is 189 g/mol. The van der Waals surface area contributed by atoms with Crippen molar-refractivity contribution < 1.29 is 4.74 Å². The van der Waals surface area contributed by atoms with E-state index in [1.807, 2.05) is 0 Å². The van der Waals surface area contributed by atoms with Crippen LogP contribution in [-0.4, -0.2) is 18.2 Å². The second-order valence-corrected chi connectivity index (χ2v) is 4.66. The fraction of sp³-hybridized carbons (Fsp3) is 0.889. The van der Waals surface area contributed by atoms with Gasteiger partial charge in [-0.1, -0.05) is 33.0 Å². The fourth-order valence-corrected chi connectivity index (χ4v) is 0.737. The Labute approximate surface area is 80.5 Å². The lowest BCUT2D eigenvalue weighted by Crippen LogP contribution is -2.14. The molecule has 0 aromatic rings. The molecule has 0 saturated heterocycles. The van der Waals surface area contributed by atoms with E-state index in [0.717, 1.165) is 13.0 Å². The Kier molecular flexibility index (Phi) is 5.42. The van der Waals surface area contributed by atoms with Crippen molar-refractivity contribution in [1.82, 2.24) is 0 Å². The highest BCUT2D eigenvalue weighted by Gasteiger charge is 2.08. The molecule has 0 aliphatic rings. The van der Waals surface area contributed by atoms with Gasteiger partial charge in [0.1, 0.15) is 0 Å². The van der Waals surface area contributed by atoms with Crippen LogP contribution in [0.5, 0.6) is 0 Å². The van der Waals surface area contributed by atoms with Gasteiger partial charge in [-0.15, -0.1) is 0 Å². The van der Waals surface area contributed by atoms with Crippen molar-refractivity contribution in [2.24, 2.45) is 11.1 Å². The lowest BCUT2D eigenvalue weighted by Gasteiger charge is -2.17. The Morgan fingerprint density at radius 1 is 1.33 bits per heavy atom. The second kappa shape index (κ2) is 5.49. The third kappa shape index (κ3) is 9.85. The maximum absolute atomic E-state index is 5.35. The Bertz CT molecular complexity index is 140. The van der Waals surface area contributed by atoms with E-state index >= 15 is 0 Å². The van der Waals surface area contributed by atoms with Gasteiger partial charge < -0.3 is 10.5 Å².